The number of rotatable bonds is 4. The van der Waals surface area contributed by atoms with Gasteiger partial charge < -0.3 is 5.32 Å². The average molecular weight is 243 g/mol. The van der Waals surface area contributed by atoms with E-state index in [0.717, 1.165) is 18.1 Å². The monoisotopic (exact) mass is 243 g/mol. The number of hydrogen-bond acceptors (Lipinski definition) is 4. The topological polar surface area (TPSA) is 55.6 Å². The molecule has 1 aliphatic rings. The summed E-state index contributed by atoms with van der Waals surface area (Å²) >= 11 is 0. The number of nitrogens with one attached hydrogen (secondary N) is 1. The van der Waals surface area contributed by atoms with Gasteiger partial charge in [0.15, 0.2) is 5.82 Å². The fourth-order valence-electron chi connectivity index (χ4n) is 2.07. The predicted octanol–water partition coefficient (Wildman–Crippen LogP) is 1.53. The van der Waals surface area contributed by atoms with Crippen LogP contribution in [0.15, 0.2) is 18.2 Å². The molecule has 0 radical (unpaired) electrons. The van der Waals surface area contributed by atoms with Gasteiger partial charge in [-0.2, -0.15) is 4.68 Å². The van der Waals surface area contributed by atoms with Gasteiger partial charge in [0.1, 0.15) is 0 Å². The zero-order valence-electron chi connectivity index (χ0n) is 10.7. The molecular formula is C13H17N5. The van der Waals surface area contributed by atoms with Crippen LogP contribution in [0, 0.1) is 13.8 Å². The number of aryl methyl sites for hydroxylation is 2. The molecule has 1 aromatic carbocycles. The minimum atomic E-state index is 0.661. The smallest absolute Gasteiger partial charge is 0.170 e. The molecule has 3 rings (SSSR count). The van der Waals surface area contributed by atoms with Crippen molar-refractivity contribution in [3.63, 3.8) is 0 Å². The van der Waals surface area contributed by atoms with E-state index in [9.17, 15) is 0 Å². The molecule has 0 spiro atoms. The van der Waals surface area contributed by atoms with Gasteiger partial charge in [-0.25, -0.2) is 0 Å². The van der Waals surface area contributed by atoms with Gasteiger partial charge in [-0.1, -0.05) is 17.7 Å². The summed E-state index contributed by atoms with van der Waals surface area (Å²) < 4.78 is 1.82. The Hall–Kier alpha value is -1.75. The summed E-state index contributed by atoms with van der Waals surface area (Å²) in [6.07, 6.45) is 2.54. The molecule has 1 fully saturated rings. The molecule has 94 valence electrons. The van der Waals surface area contributed by atoms with Gasteiger partial charge in [-0.05, 0) is 48.7 Å². The maximum absolute atomic E-state index is 4.10. The first-order valence-corrected chi connectivity index (χ1v) is 6.32. The second-order valence-corrected chi connectivity index (χ2v) is 4.95. The quantitative estimate of drug-likeness (QED) is 0.884. The van der Waals surface area contributed by atoms with E-state index in [1.165, 1.54) is 24.0 Å². The number of hydrogen-bond donors (Lipinski definition) is 1. The Labute approximate surface area is 106 Å². The van der Waals surface area contributed by atoms with Crippen molar-refractivity contribution in [2.24, 2.45) is 0 Å². The fraction of sp³-hybridized carbons (Fsp3) is 0.462. The van der Waals surface area contributed by atoms with Gasteiger partial charge >= 0.3 is 0 Å². The van der Waals surface area contributed by atoms with E-state index in [2.05, 4.69) is 52.9 Å². The van der Waals surface area contributed by atoms with Crippen LogP contribution in [0.5, 0.6) is 0 Å². The SMILES string of the molecule is Cc1ccc(-n2nnnc2CNC2CC2)c(C)c1. The number of nitrogens with zero attached hydrogens (tertiary/aromatic N) is 4. The summed E-state index contributed by atoms with van der Waals surface area (Å²) in [5, 5.41) is 15.4. The van der Waals surface area contributed by atoms with E-state index in [1.807, 2.05) is 4.68 Å². The first-order valence-electron chi connectivity index (χ1n) is 6.32. The Morgan fingerprint density at radius 3 is 2.89 bits per heavy atom. The summed E-state index contributed by atoms with van der Waals surface area (Å²) in [5.41, 5.74) is 3.50. The summed E-state index contributed by atoms with van der Waals surface area (Å²) in [6.45, 7) is 4.90. The molecule has 1 heterocycles. The van der Waals surface area contributed by atoms with Crippen LogP contribution in [0.4, 0.5) is 0 Å². The second kappa shape index (κ2) is 4.49. The van der Waals surface area contributed by atoms with Gasteiger partial charge in [0.25, 0.3) is 0 Å². The molecule has 0 aliphatic heterocycles. The zero-order valence-corrected chi connectivity index (χ0v) is 10.7. The molecular weight excluding hydrogens is 226 g/mol. The van der Waals surface area contributed by atoms with Crippen LogP contribution < -0.4 is 5.32 Å². The minimum absolute atomic E-state index is 0.661. The van der Waals surface area contributed by atoms with Crippen molar-refractivity contribution in [3.8, 4) is 5.69 Å². The Morgan fingerprint density at radius 2 is 2.17 bits per heavy atom. The molecule has 0 atom stereocenters. The lowest BCUT2D eigenvalue weighted by Crippen LogP contribution is -2.19. The third-order valence-electron chi connectivity index (χ3n) is 3.24. The highest BCUT2D eigenvalue weighted by atomic mass is 15.5. The molecule has 1 saturated carbocycles. The fourth-order valence-corrected chi connectivity index (χ4v) is 2.07. The standard InChI is InChI=1S/C13H17N5/c1-9-3-6-12(10(2)7-9)18-13(15-16-17-18)8-14-11-4-5-11/h3,6-7,11,14H,4-5,8H2,1-2H3. The molecule has 0 unspecified atom stereocenters. The third kappa shape index (κ3) is 2.26. The maximum Gasteiger partial charge on any atom is 0.170 e. The third-order valence-corrected chi connectivity index (χ3v) is 3.24. The molecule has 1 N–H and O–H groups in total. The molecule has 5 heteroatoms. The molecule has 0 bridgehead atoms. The van der Waals surface area contributed by atoms with E-state index in [0.29, 0.717) is 6.04 Å². The predicted molar refractivity (Wildman–Crippen MR) is 68.5 cm³/mol. The summed E-state index contributed by atoms with van der Waals surface area (Å²) in [7, 11) is 0. The molecule has 1 aliphatic carbocycles. The van der Waals surface area contributed by atoms with Gasteiger partial charge in [0.05, 0.1) is 12.2 Å². The van der Waals surface area contributed by atoms with Gasteiger partial charge in [0.2, 0.25) is 0 Å². The Balaban J connectivity index is 1.88. The highest BCUT2D eigenvalue weighted by Gasteiger charge is 2.21. The molecule has 1 aromatic heterocycles. The van der Waals surface area contributed by atoms with Crippen molar-refractivity contribution < 1.29 is 0 Å². The highest BCUT2D eigenvalue weighted by Crippen LogP contribution is 2.20. The van der Waals surface area contributed by atoms with Crippen molar-refractivity contribution in [2.45, 2.75) is 39.3 Å². The first kappa shape index (κ1) is 11.3. The van der Waals surface area contributed by atoms with Crippen LogP contribution in [-0.2, 0) is 6.54 Å². The lowest BCUT2D eigenvalue weighted by atomic mass is 10.1. The van der Waals surface area contributed by atoms with Crippen LogP contribution in [-0.4, -0.2) is 26.2 Å². The van der Waals surface area contributed by atoms with Crippen molar-refractivity contribution in [2.75, 3.05) is 0 Å². The molecule has 2 aromatic rings. The van der Waals surface area contributed by atoms with E-state index in [4.69, 9.17) is 0 Å². The van der Waals surface area contributed by atoms with Crippen molar-refractivity contribution in [1.82, 2.24) is 25.5 Å². The Morgan fingerprint density at radius 1 is 1.33 bits per heavy atom. The van der Waals surface area contributed by atoms with Crippen LogP contribution in [0.3, 0.4) is 0 Å². The summed E-state index contributed by atoms with van der Waals surface area (Å²) in [5.74, 6) is 0.869. The van der Waals surface area contributed by atoms with E-state index in [-0.39, 0.29) is 0 Å². The maximum atomic E-state index is 4.10. The Bertz CT molecular complexity index is 556. The van der Waals surface area contributed by atoms with Gasteiger partial charge in [-0.3, -0.25) is 0 Å². The van der Waals surface area contributed by atoms with E-state index >= 15 is 0 Å². The number of aromatic nitrogens is 4. The average Bonchev–Trinajstić information content (AvgIpc) is 3.06. The summed E-state index contributed by atoms with van der Waals surface area (Å²) in [4.78, 5) is 0. The number of tetrazole rings is 1. The molecule has 5 nitrogen and oxygen atoms in total. The zero-order chi connectivity index (χ0) is 12.5. The normalized spacial score (nSPS) is 15.0. The lowest BCUT2D eigenvalue weighted by molar-refractivity contribution is 0.637. The van der Waals surface area contributed by atoms with Crippen molar-refractivity contribution in [3.05, 3.63) is 35.2 Å². The first-order chi connectivity index (χ1) is 8.74. The lowest BCUT2D eigenvalue weighted by Gasteiger charge is -2.08. The van der Waals surface area contributed by atoms with Crippen LogP contribution >= 0.6 is 0 Å². The summed E-state index contributed by atoms with van der Waals surface area (Å²) in [6, 6.07) is 6.97. The Kier molecular flexibility index (Phi) is 2.83. The largest absolute Gasteiger partial charge is 0.307 e. The van der Waals surface area contributed by atoms with Gasteiger partial charge in [0, 0.05) is 6.04 Å². The number of benzene rings is 1. The van der Waals surface area contributed by atoms with E-state index < -0.39 is 0 Å². The van der Waals surface area contributed by atoms with E-state index in [1.54, 1.807) is 0 Å². The van der Waals surface area contributed by atoms with Crippen LogP contribution in [0.2, 0.25) is 0 Å². The minimum Gasteiger partial charge on any atom is -0.307 e. The second-order valence-electron chi connectivity index (χ2n) is 4.95. The van der Waals surface area contributed by atoms with Crippen LogP contribution in [0.25, 0.3) is 5.69 Å². The molecule has 0 amide bonds. The molecule has 0 saturated heterocycles. The molecule has 18 heavy (non-hydrogen) atoms. The van der Waals surface area contributed by atoms with Crippen LogP contribution in [0.1, 0.15) is 29.8 Å². The van der Waals surface area contributed by atoms with Crippen molar-refractivity contribution >= 4 is 0 Å². The van der Waals surface area contributed by atoms with Gasteiger partial charge in [-0.15, -0.1) is 5.10 Å². The highest BCUT2D eigenvalue weighted by molar-refractivity contribution is 5.42. The van der Waals surface area contributed by atoms with Crippen molar-refractivity contribution in [1.29, 1.82) is 0 Å².